The molecule has 0 radical (unpaired) electrons. The summed E-state index contributed by atoms with van der Waals surface area (Å²) >= 11 is 5.93. The maximum Gasteiger partial charge on any atom is 0.256 e. The second-order valence-electron chi connectivity index (χ2n) is 12.6. The Morgan fingerprint density at radius 2 is 1.64 bits per heavy atom. The van der Waals surface area contributed by atoms with Gasteiger partial charge in [0, 0.05) is 36.2 Å². The molecule has 3 fully saturated rings. The lowest BCUT2D eigenvalue weighted by atomic mass is 9.70. The fourth-order valence-corrected chi connectivity index (χ4v) is 8.39. The van der Waals surface area contributed by atoms with Gasteiger partial charge in [-0.25, -0.2) is 9.37 Å². The Morgan fingerprint density at radius 1 is 0.952 bits per heavy atom. The molecular formula is C35H38ClFN4O. The second kappa shape index (κ2) is 11.1. The van der Waals surface area contributed by atoms with Gasteiger partial charge in [0.15, 0.2) is 0 Å². The Morgan fingerprint density at radius 3 is 2.36 bits per heavy atom. The minimum absolute atomic E-state index is 0.00398. The van der Waals surface area contributed by atoms with Crippen LogP contribution in [0.25, 0.3) is 11.0 Å². The van der Waals surface area contributed by atoms with Crippen molar-refractivity contribution in [3.8, 4) is 0 Å². The highest BCUT2D eigenvalue weighted by Gasteiger charge is 2.44. The van der Waals surface area contributed by atoms with Crippen molar-refractivity contribution in [2.75, 3.05) is 19.6 Å². The molecule has 3 aliphatic rings. The molecule has 42 heavy (non-hydrogen) atoms. The number of aromatic nitrogens is 2. The monoisotopic (exact) mass is 584 g/mol. The molecule has 1 amide bonds. The second-order valence-corrected chi connectivity index (χ2v) is 13.0. The highest BCUT2D eigenvalue weighted by molar-refractivity contribution is 6.30. The molecule has 2 bridgehead atoms. The Kier molecular flexibility index (Phi) is 7.31. The fraction of sp³-hybridized carbons (Fsp3) is 0.429. The number of fused-ring (bicyclic) bond motifs is 3. The van der Waals surface area contributed by atoms with Crippen LogP contribution in [0.5, 0.6) is 0 Å². The smallest absolute Gasteiger partial charge is 0.256 e. The van der Waals surface area contributed by atoms with Crippen LogP contribution >= 0.6 is 11.6 Å². The van der Waals surface area contributed by atoms with E-state index in [2.05, 4.69) is 71.0 Å². The highest BCUT2D eigenvalue weighted by atomic mass is 35.5. The molecule has 0 spiro atoms. The molecule has 1 aromatic heterocycles. The van der Waals surface area contributed by atoms with Crippen LogP contribution in [0.1, 0.15) is 72.7 Å². The van der Waals surface area contributed by atoms with Crippen molar-refractivity contribution in [2.45, 2.75) is 75.4 Å². The third-order valence-electron chi connectivity index (χ3n) is 10.4. The molecule has 0 saturated carbocycles. The summed E-state index contributed by atoms with van der Waals surface area (Å²) in [5.74, 6) is 0.329. The largest absolute Gasteiger partial charge is 0.338 e. The molecule has 0 N–H and O–H groups in total. The summed E-state index contributed by atoms with van der Waals surface area (Å²) in [6.45, 7) is 4.46. The summed E-state index contributed by atoms with van der Waals surface area (Å²) in [6, 6.07) is 25.4. The summed E-state index contributed by atoms with van der Waals surface area (Å²) < 4.78 is 17.1. The van der Waals surface area contributed by atoms with E-state index in [9.17, 15) is 9.18 Å². The maximum absolute atomic E-state index is 14.6. The van der Waals surface area contributed by atoms with Gasteiger partial charge in [0.25, 0.3) is 5.91 Å². The topological polar surface area (TPSA) is 41.4 Å². The van der Waals surface area contributed by atoms with E-state index in [1.807, 2.05) is 4.90 Å². The number of rotatable bonds is 6. The molecule has 4 heterocycles. The van der Waals surface area contributed by atoms with E-state index >= 15 is 0 Å². The molecule has 4 aromatic rings. The van der Waals surface area contributed by atoms with E-state index < -0.39 is 5.82 Å². The van der Waals surface area contributed by atoms with Gasteiger partial charge in [0.05, 0.1) is 16.6 Å². The Hall–Kier alpha value is -3.22. The van der Waals surface area contributed by atoms with Gasteiger partial charge in [-0.15, -0.1) is 0 Å². The number of imidazole rings is 1. The normalized spacial score (nSPS) is 23.9. The van der Waals surface area contributed by atoms with Gasteiger partial charge in [0.2, 0.25) is 0 Å². The summed E-state index contributed by atoms with van der Waals surface area (Å²) in [6.07, 6.45) is 7.70. The van der Waals surface area contributed by atoms with Crippen LogP contribution in [-0.2, 0) is 5.41 Å². The lowest BCUT2D eigenvalue weighted by molar-refractivity contribution is 0.0603. The van der Waals surface area contributed by atoms with Crippen LogP contribution < -0.4 is 0 Å². The van der Waals surface area contributed by atoms with Crippen LogP contribution in [0.2, 0.25) is 5.02 Å². The van der Waals surface area contributed by atoms with Crippen molar-refractivity contribution in [3.63, 3.8) is 0 Å². The molecule has 3 atom stereocenters. The number of piperidine rings is 2. The molecule has 3 aliphatic heterocycles. The first kappa shape index (κ1) is 27.6. The van der Waals surface area contributed by atoms with Crippen molar-refractivity contribution in [1.29, 1.82) is 0 Å². The van der Waals surface area contributed by atoms with Crippen LogP contribution in [0.15, 0.2) is 72.8 Å². The Labute approximate surface area is 252 Å². The van der Waals surface area contributed by atoms with Crippen LogP contribution in [0.3, 0.4) is 0 Å². The van der Waals surface area contributed by atoms with Crippen molar-refractivity contribution < 1.29 is 9.18 Å². The number of amides is 1. The van der Waals surface area contributed by atoms with Gasteiger partial charge in [0.1, 0.15) is 11.6 Å². The lowest BCUT2D eigenvalue weighted by Gasteiger charge is -2.45. The lowest BCUT2D eigenvalue weighted by Crippen LogP contribution is -2.49. The molecule has 3 saturated heterocycles. The predicted octanol–water partition coefficient (Wildman–Crippen LogP) is 7.57. The van der Waals surface area contributed by atoms with Crippen molar-refractivity contribution >= 4 is 28.5 Å². The summed E-state index contributed by atoms with van der Waals surface area (Å²) in [5.41, 5.74) is 3.82. The molecule has 218 valence electrons. The molecule has 7 heteroatoms. The number of para-hydroxylation sites is 2. The average Bonchev–Trinajstić information content (AvgIpc) is 3.46. The first-order valence-corrected chi connectivity index (χ1v) is 15.8. The number of benzene rings is 3. The van der Waals surface area contributed by atoms with Crippen molar-refractivity contribution in [1.82, 2.24) is 19.4 Å². The first-order valence-electron chi connectivity index (χ1n) is 15.4. The number of aryl methyl sites for hydroxylation is 1. The van der Waals surface area contributed by atoms with Crippen LogP contribution in [-0.4, -0.2) is 57.0 Å². The Bertz CT molecular complexity index is 1580. The van der Waals surface area contributed by atoms with Gasteiger partial charge < -0.3 is 9.47 Å². The number of nitrogens with zero attached hydrogens (tertiary/aromatic N) is 4. The quantitative estimate of drug-likeness (QED) is 0.235. The molecule has 3 aromatic carbocycles. The number of carbonyl (C=O) groups is 1. The number of halogens is 2. The molecule has 1 unspecified atom stereocenters. The number of hydrogen-bond acceptors (Lipinski definition) is 3. The van der Waals surface area contributed by atoms with E-state index in [0.29, 0.717) is 36.2 Å². The molecular weight excluding hydrogens is 547 g/mol. The number of hydrogen-bond donors (Lipinski definition) is 0. The zero-order valence-corrected chi connectivity index (χ0v) is 24.9. The third-order valence-corrected chi connectivity index (χ3v) is 10.6. The van der Waals surface area contributed by atoms with E-state index in [1.165, 1.54) is 48.9 Å². The van der Waals surface area contributed by atoms with E-state index in [-0.39, 0.29) is 16.9 Å². The van der Waals surface area contributed by atoms with Gasteiger partial charge in [-0.05, 0) is 99.7 Å². The van der Waals surface area contributed by atoms with E-state index in [1.54, 1.807) is 6.07 Å². The summed E-state index contributed by atoms with van der Waals surface area (Å²) in [4.78, 5) is 22.7. The standard InChI is InChI=1S/C35H38ClFN4O/c1-24-38-32-9-5-6-10-33(32)41(24)29-22-27-12-13-28(23-29)40(27)20-17-35(25-7-3-2-4-8-25)15-18-39(19-16-35)34(42)30-14-11-26(36)21-31(30)37/h2-11,14,21,27-29H,12-13,15-20,22-23H2,1H3/t27-,28+,29?. The van der Waals surface area contributed by atoms with Gasteiger partial charge >= 0.3 is 0 Å². The minimum Gasteiger partial charge on any atom is -0.338 e. The van der Waals surface area contributed by atoms with Gasteiger partial charge in [-0.2, -0.15) is 0 Å². The Balaban J connectivity index is 1.06. The minimum atomic E-state index is -0.551. The van der Waals surface area contributed by atoms with Gasteiger partial charge in [-0.3, -0.25) is 9.69 Å². The number of carbonyl (C=O) groups excluding carboxylic acids is 1. The molecule has 7 rings (SSSR count). The zero-order chi connectivity index (χ0) is 28.8. The highest BCUT2D eigenvalue weighted by Crippen LogP contribution is 2.45. The predicted molar refractivity (Wildman–Crippen MR) is 166 cm³/mol. The summed E-state index contributed by atoms with van der Waals surface area (Å²) in [5, 5.41) is 0.303. The SMILES string of the molecule is Cc1nc2ccccc2n1C1C[C@H]2CC[C@@H](C1)N2CCC1(c2ccccc2)CCN(C(=O)c2ccc(Cl)cc2F)CC1. The number of likely N-dealkylation sites (tertiary alicyclic amines) is 1. The fourth-order valence-electron chi connectivity index (χ4n) is 8.24. The average molecular weight is 585 g/mol. The van der Waals surface area contributed by atoms with Crippen molar-refractivity contribution in [2.24, 2.45) is 0 Å². The van der Waals surface area contributed by atoms with E-state index in [4.69, 9.17) is 16.6 Å². The van der Waals surface area contributed by atoms with Crippen LogP contribution in [0, 0.1) is 12.7 Å². The first-order chi connectivity index (χ1) is 20.4. The van der Waals surface area contributed by atoms with E-state index in [0.717, 1.165) is 37.1 Å². The molecule has 0 aliphatic carbocycles. The summed E-state index contributed by atoms with van der Waals surface area (Å²) in [7, 11) is 0. The van der Waals surface area contributed by atoms with Crippen molar-refractivity contribution in [3.05, 3.63) is 101 Å². The third kappa shape index (κ3) is 4.92. The van der Waals surface area contributed by atoms with Gasteiger partial charge in [-0.1, -0.05) is 54.1 Å². The molecule has 5 nitrogen and oxygen atoms in total. The zero-order valence-electron chi connectivity index (χ0n) is 24.2. The van der Waals surface area contributed by atoms with Crippen LogP contribution in [0.4, 0.5) is 4.39 Å². The maximum atomic E-state index is 14.6.